The largest absolute Gasteiger partial charge is 0.198 e. The van der Waals surface area contributed by atoms with Gasteiger partial charge in [0.05, 0.1) is 17.0 Å². The molecule has 0 spiro atoms. The van der Waals surface area contributed by atoms with Gasteiger partial charge in [0.25, 0.3) is 0 Å². The summed E-state index contributed by atoms with van der Waals surface area (Å²) in [4.78, 5) is 0. The van der Waals surface area contributed by atoms with Crippen LogP contribution >= 0.6 is 0 Å². The highest BCUT2D eigenvalue weighted by Crippen LogP contribution is 2.48. The average molecular weight is 195 g/mol. The molecule has 0 aromatic carbocycles. The third kappa shape index (κ3) is 1.34. The van der Waals surface area contributed by atoms with E-state index in [1.165, 1.54) is 0 Å². The van der Waals surface area contributed by atoms with E-state index in [1.54, 1.807) is 0 Å². The van der Waals surface area contributed by atoms with Crippen LogP contribution in [0.25, 0.3) is 0 Å². The van der Waals surface area contributed by atoms with Crippen molar-refractivity contribution in [2.45, 2.75) is 58.5 Å². The number of nitriles is 1. The first-order chi connectivity index (χ1) is 6.17. The molecule has 1 aliphatic rings. The van der Waals surface area contributed by atoms with E-state index >= 15 is 0 Å². The molecule has 79 valence electrons. The minimum atomic E-state index is -0.595. The van der Waals surface area contributed by atoms with Crippen LogP contribution in [0.15, 0.2) is 0 Å². The lowest BCUT2D eigenvalue weighted by Crippen LogP contribution is -2.54. The second-order valence-corrected chi connectivity index (χ2v) is 5.62. The molecule has 14 heavy (non-hydrogen) atoms. The maximum Gasteiger partial charge on any atom is 0.0722 e. The number of hydrogen-bond acceptors (Lipinski definition) is 2. The van der Waals surface area contributed by atoms with Gasteiger partial charge in [0.2, 0.25) is 0 Å². The molecule has 0 aliphatic carbocycles. The molecular weight excluding hydrogens is 176 g/mol. The minimum absolute atomic E-state index is 0.330. The third-order valence-electron chi connectivity index (χ3n) is 3.85. The Balaban J connectivity index is 3.06. The Morgan fingerprint density at radius 2 is 1.79 bits per heavy atom. The summed E-state index contributed by atoms with van der Waals surface area (Å²) in [5.41, 5.74) is -1.48. The van der Waals surface area contributed by atoms with Gasteiger partial charge >= 0.3 is 0 Å². The first kappa shape index (κ1) is 11.5. The molecule has 3 nitrogen and oxygen atoms in total. The molecule has 1 atom stereocenters. The van der Waals surface area contributed by atoms with Crippen molar-refractivity contribution in [3.8, 4) is 6.07 Å². The van der Waals surface area contributed by atoms with Gasteiger partial charge in [-0.3, -0.25) is 0 Å². The summed E-state index contributed by atoms with van der Waals surface area (Å²) in [5, 5.41) is 22.3. The Bertz CT molecular complexity index is 278. The van der Waals surface area contributed by atoms with Gasteiger partial charge in [-0.1, -0.05) is 0 Å². The summed E-state index contributed by atoms with van der Waals surface area (Å²) >= 11 is 0. The third-order valence-corrected chi connectivity index (χ3v) is 3.85. The first-order valence-electron chi connectivity index (χ1n) is 5.06. The van der Waals surface area contributed by atoms with Crippen molar-refractivity contribution < 1.29 is 5.21 Å². The van der Waals surface area contributed by atoms with Gasteiger partial charge < -0.3 is 0 Å². The van der Waals surface area contributed by atoms with E-state index in [2.05, 4.69) is 6.07 Å². The molecule has 1 unspecified atom stereocenters. The van der Waals surface area contributed by atoms with Crippen molar-refractivity contribution in [1.29, 1.82) is 5.26 Å². The summed E-state index contributed by atoms with van der Waals surface area (Å²) in [6.45, 7) is 9.48. The van der Waals surface area contributed by atoms with Gasteiger partial charge in [-0.2, -0.15) is 5.26 Å². The van der Waals surface area contributed by atoms with Crippen molar-refractivity contribution in [3.05, 3.63) is 0 Å². The van der Waals surface area contributed by atoms with Crippen LogP contribution < -0.4 is 0 Å². The fourth-order valence-electron chi connectivity index (χ4n) is 2.11. The van der Waals surface area contributed by atoms with Crippen LogP contribution in [0.2, 0.25) is 0 Å². The molecule has 0 saturated carbocycles. The van der Waals surface area contributed by atoms with E-state index in [0.717, 1.165) is 17.9 Å². The second kappa shape index (κ2) is 2.95. The van der Waals surface area contributed by atoms with Crippen LogP contribution in [0.5, 0.6) is 0 Å². The van der Waals surface area contributed by atoms with Crippen LogP contribution in [0.3, 0.4) is 0 Å². The van der Waals surface area contributed by atoms with Crippen LogP contribution in [0, 0.1) is 16.7 Å². The van der Waals surface area contributed by atoms with Crippen LogP contribution in [0.4, 0.5) is 0 Å². The summed E-state index contributed by atoms with van der Waals surface area (Å²) in [6.07, 6.45) is 1.65. The molecule has 1 aliphatic heterocycles. The normalized spacial score (nSPS) is 32.9. The van der Waals surface area contributed by atoms with Crippen LogP contribution in [-0.4, -0.2) is 16.1 Å². The zero-order chi connectivity index (χ0) is 11.2. The highest BCUT2D eigenvalue weighted by molar-refractivity contribution is 5.13. The summed E-state index contributed by atoms with van der Waals surface area (Å²) in [7, 11) is 0. The maximum absolute atomic E-state index is 12.1. The van der Waals surface area contributed by atoms with E-state index in [-0.39, 0.29) is 5.54 Å². The van der Waals surface area contributed by atoms with Gasteiger partial charge in [-0.15, -0.1) is 10.3 Å². The number of hydrogen-bond donors (Lipinski definition) is 0. The lowest BCUT2D eigenvalue weighted by molar-refractivity contribution is -0.266. The molecule has 1 fully saturated rings. The lowest BCUT2D eigenvalue weighted by atomic mass is 9.73. The second-order valence-electron chi connectivity index (χ2n) is 5.62. The topological polar surface area (TPSA) is 46.9 Å². The SMILES string of the molecule is CC1(C)CCC(C)(C(C)(C)C#N)N1[O]. The smallest absolute Gasteiger partial charge is 0.0722 e. The number of hydroxylamine groups is 2. The van der Waals surface area contributed by atoms with Crippen molar-refractivity contribution in [2.24, 2.45) is 5.41 Å². The van der Waals surface area contributed by atoms with Gasteiger partial charge in [0.15, 0.2) is 0 Å². The zero-order valence-corrected chi connectivity index (χ0v) is 9.72. The molecule has 1 saturated heterocycles. The molecule has 1 rings (SSSR count). The Hall–Kier alpha value is -0.590. The van der Waals surface area contributed by atoms with Crippen molar-refractivity contribution in [1.82, 2.24) is 5.06 Å². The zero-order valence-electron chi connectivity index (χ0n) is 9.72. The summed E-state index contributed by atoms with van der Waals surface area (Å²) in [5.74, 6) is 0. The average Bonchev–Trinajstić information content (AvgIpc) is 2.31. The summed E-state index contributed by atoms with van der Waals surface area (Å²) in [6, 6.07) is 2.25. The van der Waals surface area contributed by atoms with Crippen molar-refractivity contribution >= 4 is 0 Å². The molecule has 0 N–H and O–H groups in total. The molecule has 0 aromatic rings. The fraction of sp³-hybridized carbons (Fsp3) is 0.909. The Kier molecular flexibility index (Phi) is 2.42. The van der Waals surface area contributed by atoms with E-state index in [1.807, 2.05) is 34.6 Å². The highest BCUT2D eigenvalue weighted by Gasteiger charge is 2.56. The minimum Gasteiger partial charge on any atom is -0.198 e. The fourth-order valence-corrected chi connectivity index (χ4v) is 2.11. The molecule has 0 bridgehead atoms. The van der Waals surface area contributed by atoms with E-state index < -0.39 is 11.0 Å². The lowest BCUT2D eigenvalue weighted by Gasteiger charge is -2.42. The standard InChI is InChI=1S/C11H19N2O/c1-9(2,8-12)11(5)7-6-10(3,4)13(11)14/h6-7H2,1-5H3. The molecule has 1 heterocycles. The van der Waals surface area contributed by atoms with Gasteiger partial charge in [-0.05, 0) is 47.5 Å². The quantitative estimate of drug-likeness (QED) is 0.645. The molecule has 1 radical (unpaired) electrons. The molecule has 0 aromatic heterocycles. The number of rotatable bonds is 1. The van der Waals surface area contributed by atoms with Crippen molar-refractivity contribution in [3.63, 3.8) is 0 Å². The Morgan fingerprint density at radius 3 is 2.07 bits per heavy atom. The monoisotopic (exact) mass is 195 g/mol. The highest BCUT2D eigenvalue weighted by atomic mass is 16.5. The summed E-state index contributed by atoms with van der Waals surface area (Å²) < 4.78 is 0. The molecule has 3 heteroatoms. The van der Waals surface area contributed by atoms with Gasteiger partial charge in [-0.25, -0.2) is 0 Å². The van der Waals surface area contributed by atoms with E-state index in [9.17, 15) is 5.21 Å². The van der Waals surface area contributed by atoms with E-state index in [4.69, 9.17) is 5.26 Å². The Labute approximate surface area is 86.3 Å². The van der Waals surface area contributed by atoms with Gasteiger partial charge in [0, 0.05) is 5.54 Å². The molecular formula is C11H19N2O. The van der Waals surface area contributed by atoms with Crippen LogP contribution in [0.1, 0.15) is 47.5 Å². The van der Waals surface area contributed by atoms with Crippen LogP contribution in [-0.2, 0) is 5.21 Å². The predicted molar refractivity (Wildman–Crippen MR) is 53.6 cm³/mol. The molecule has 0 amide bonds. The maximum atomic E-state index is 12.1. The van der Waals surface area contributed by atoms with Crippen molar-refractivity contribution in [2.75, 3.05) is 0 Å². The van der Waals surface area contributed by atoms with Gasteiger partial charge in [0.1, 0.15) is 0 Å². The Morgan fingerprint density at radius 1 is 1.29 bits per heavy atom. The predicted octanol–water partition coefficient (Wildman–Crippen LogP) is 2.51. The first-order valence-corrected chi connectivity index (χ1v) is 5.06. The van der Waals surface area contributed by atoms with E-state index in [0.29, 0.717) is 0 Å². The number of nitrogens with zero attached hydrogens (tertiary/aromatic N) is 2.